The van der Waals surface area contributed by atoms with Gasteiger partial charge in [-0.1, -0.05) is 18.2 Å². The fourth-order valence-electron chi connectivity index (χ4n) is 3.56. The number of benzene rings is 2. The van der Waals surface area contributed by atoms with Crippen molar-refractivity contribution < 1.29 is 28.5 Å². The first kappa shape index (κ1) is 20.4. The second kappa shape index (κ2) is 8.89. The molecule has 2 N–H and O–H groups in total. The lowest BCUT2D eigenvalue weighted by Crippen LogP contribution is -2.50. The highest BCUT2D eigenvalue weighted by Crippen LogP contribution is 2.32. The Bertz CT molecular complexity index is 899. The molecule has 2 aliphatic rings. The van der Waals surface area contributed by atoms with Crippen LogP contribution in [0.4, 0.5) is 4.39 Å². The maximum Gasteiger partial charge on any atom is 0.234 e. The number of aliphatic hydroxyl groups is 1. The van der Waals surface area contributed by atoms with Crippen molar-refractivity contribution in [3.8, 4) is 17.2 Å². The van der Waals surface area contributed by atoms with Gasteiger partial charge in [-0.2, -0.15) is 0 Å². The fraction of sp³-hybridized carbons (Fsp3) is 0.409. The van der Waals surface area contributed by atoms with Gasteiger partial charge < -0.3 is 24.6 Å². The van der Waals surface area contributed by atoms with E-state index < -0.39 is 11.4 Å². The summed E-state index contributed by atoms with van der Waals surface area (Å²) in [7, 11) is 0. The Balaban J connectivity index is 1.19. The first-order chi connectivity index (χ1) is 14.5. The van der Waals surface area contributed by atoms with E-state index in [0.717, 1.165) is 5.56 Å². The highest BCUT2D eigenvalue weighted by atomic mass is 19.1. The summed E-state index contributed by atoms with van der Waals surface area (Å²) in [5, 5.41) is 13.6. The molecule has 2 heterocycles. The Kier molecular flexibility index (Phi) is 6.06. The molecule has 0 spiro atoms. The van der Waals surface area contributed by atoms with Gasteiger partial charge in [0.25, 0.3) is 0 Å². The van der Waals surface area contributed by atoms with Crippen LogP contribution in [-0.2, 0) is 11.3 Å². The molecule has 7 nitrogen and oxygen atoms in total. The average Bonchev–Trinajstić information content (AvgIpc) is 3.22. The number of nitrogens with one attached hydrogen (secondary N) is 1. The van der Waals surface area contributed by atoms with Crippen molar-refractivity contribution in [3.05, 3.63) is 53.8 Å². The minimum Gasteiger partial charge on any atom is -0.488 e. The van der Waals surface area contributed by atoms with E-state index in [1.54, 1.807) is 12.1 Å². The monoisotopic (exact) mass is 416 g/mol. The molecule has 0 radical (unpaired) electrons. The quantitative estimate of drug-likeness (QED) is 0.720. The van der Waals surface area contributed by atoms with Gasteiger partial charge in [0, 0.05) is 19.6 Å². The lowest BCUT2D eigenvalue weighted by Gasteiger charge is -2.37. The summed E-state index contributed by atoms with van der Waals surface area (Å²) < 4.78 is 29.8. The summed E-state index contributed by atoms with van der Waals surface area (Å²) in [4.78, 5) is 14.3. The highest BCUT2D eigenvalue weighted by molar-refractivity contribution is 5.78. The molecule has 0 unspecified atom stereocenters. The largest absolute Gasteiger partial charge is 0.488 e. The molecule has 30 heavy (non-hydrogen) atoms. The molecule has 0 aliphatic carbocycles. The topological polar surface area (TPSA) is 80.3 Å². The standard InChI is InChI=1S/C22H25FN2O5/c23-17-3-1-2-4-18(17)28-14-22(27)7-9-25(10-8-22)13-21(26)24-12-16-5-6-19-20(11-16)30-15-29-19/h1-6,11,27H,7-10,12-15H2,(H,24,26). The lowest BCUT2D eigenvalue weighted by molar-refractivity contribution is -0.124. The number of hydrogen-bond donors (Lipinski definition) is 2. The molecular weight excluding hydrogens is 391 g/mol. The summed E-state index contributed by atoms with van der Waals surface area (Å²) in [6.45, 7) is 2.04. The number of nitrogens with zero attached hydrogens (tertiary/aromatic N) is 1. The third-order valence-electron chi connectivity index (χ3n) is 5.41. The van der Waals surface area contributed by atoms with Gasteiger partial charge in [-0.3, -0.25) is 9.69 Å². The lowest BCUT2D eigenvalue weighted by atomic mass is 9.92. The van der Waals surface area contributed by atoms with Crippen LogP contribution in [0.1, 0.15) is 18.4 Å². The van der Waals surface area contributed by atoms with Crippen LogP contribution in [0.25, 0.3) is 0 Å². The van der Waals surface area contributed by atoms with Crippen molar-refractivity contribution >= 4 is 5.91 Å². The van der Waals surface area contributed by atoms with Crippen LogP contribution in [0.15, 0.2) is 42.5 Å². The molecule has 1 saturated heterocycles. The zero-order valence-electron chi connectivity index (χ0n) is 16.6. The molecule has 2 aliphatic heterocycles. The van der Waals surface area contributed by atoms with Crippen molar-refractivity contribution in [2.45, 2.75) is 25.0 Å². The van der Waals surface area contributed by atoms with Crippen LogP contribution in [0.5, 0.6) is 17.2 Å². The third-order valence-corrected chi connectivity index (χ3v) is 5.41. The van der Waals surface area contributed by atoms with Crippen molar-refractivity contribution in [2.24, 2.45) is 0 Å². The van der Waals surface area contributed by atoms with Crippen LogP contribution < -0.4 is 19.5 Å². The van der Waals surface area contributed by atoms with Crippen LogP contribution in [0.2, 0.25) is 0 Å². The second-order valence-electron chi connectivity index (χ2n) is 7.68. The number of carbonyl (C=O) groups is 1. The number of carbonyl (C=O) groups excluding carboxylic acids is 1. The van der Waals surface area contributed by atoms with E-state index >= 15 is 0 Å². The van der Waals surface area contributed by atoms with Gasteiger partial charge in [0.2, 0.25) is 12.7 Å². The Labute approximate surface area is 174 Å². The highest BCUT2D eigenvalue weighted by Gasteiger charge is 2.33. The van der Waals surface area contributed by atoms with Crippen LogP contribution in [0, 0.1) is 5.82 Å². The average molecular weight is 416 g/mol. The molecule has 1 amide bonds. The van der Waals surface area contributed by atoms with Crippen molar-refractivity contribution in [1.82, 2.24) is 10.2 Å². The Morgan fingerprint density at radius 1 is 1.17 bits per heavy atom. The normalized spacial score (nSPS) is 17.5. The molecule has 160 valence electrons. The van der Waals surface area contributed by atoms with E-state index in [1.807, 2.05) is 23.1 Å². The predicted molar refractivity (Wildman–Crippen MR) is 107 cm³/mol. The Morgan fingerprint density at radius 2 is 1.93 bits per heavy atom. The third kappa shape index (κ3) is 5.01. The number of hydrogen-bond acceptors (Lipinski definition) is 6. The zero-order valence-corrected chi connectivity index (χ0v) is 16.6. The molecule has 2 aromatic rings. The van der Waals surface area contributed by atoms with Gasteiger partial charge in [0.05, 0.1) is 6.54 Å². The fourth-order valence-corrected chi connectivity index (χ4v) is 3.56. The molecular formula is C22H25FN2O5. The smallest absolute Gasteiger partial charge is 0.234 e. The molecule has 4 rings (SSSR count). The maximum absolute atomic E-state index is 13.7. The van der Waals surface area contributed by atoms with E-state index in [4.69, 9.17) is 14.2 Å². The minimum atomic E-state index is -1.03. The number of rotatable bonds is 7. The van der Waals surface area contributed by atoms with E-state index in [1.165, 1.54) is 12.1 Å². The van der Waals surface area contributed by atoms with E-state index in [9.17, 15) is 14.3 Å². The van der Waals surface area contributed by atoms with Gasteiger partial charge in [-0.05, 0) is 42.7 Å². The summed E-state index contributed by atoms with van der Waals surface area (Å²) in [5.41, 5.74) is -0.0900. The molecule has 1 fully saturated rings. The summed E-state index contributed by atoms with van der Waals surface area (Å²) in [6.07, 6.45) is 0.911. The maximum atomic E-state index is 13.7. The molecule has 0 aromatic heterocycles. The first-order valence-corrected chi connectivity index (χ1v) is 9.98. The van der Waals surface area contributed by atoms with Gasteiger partial charge in [-0.25, -0.2) is 4.39 Å². The molecule has 0 bridgehead atoms. The first-order valence-electron chi connectivity index (χ1n) is 9.98. The molecule has 0 saturated carbocycles. The number of ether oxygens (including phenoxy) is 3. The molecule has 0 atom stereocenters. The van der Waals surface area contributed by atoms with Crippen LogP contribution >= 0.6 is 0 Å². The van der Waals surface area contributed by atoms with Crippen LogP contribution in [0.3, 0.4) is 0 Å². The van der Waals surface area contributed by atoms with Crippen molar-refractivity contribution in [2.75, 3.05) is 33.0 Å². The van der Waals surface area contributed by atoms with Gasteiger partial charge in [0.15, 0.2) is 23.1 Å². The number of amides is 1. The number of likely N-dealkylation sites (tertiary alicyclic amines) is 1. The van der Waals surface area contributed by atoms with Crippen molar-refractivity contribution in [3.63, 3.8) is 0 Å². The molecule has 8 heteroatoms. The SMILES string of the molecule is O=C(CN1CCC(O)(COc2ccccc2F)CC1)NCc1ccc2c(c1)OCO2. The second-order valence-corrected chi connectivity index (χ2v) is 7.68. The number of fused-ring (bicyclic) bond motifs is 1. The van der Waals surface area contributed by atoms with Crippen LogP contribution in [-0.4, -0.2) is 54.5 Å². The van der Waals surface area contributed by atoms with Gasteiger partial charge >= 0.3 is 0 Å². The van der Waals surface area contributed by atoms with E-state index in [0.29, 0.717) is 44.0 Å². The van der Waals surface area contributed by atoms with E-state index in [-0.39, 0.29) is 31.6 Å². The van der Waals surface area contributed by atoms with Gasteiger partial charge in [0.1, 0.15) is 12.2 Å². The summed E-state index contributed by atoms with van der Waals surface area (Å²) in [5.74, 6) is 1.01. The van der Waals surface area contributed by atoms with E-state index in [2.05, 4.69) is 5.32 Å². The molecule has 2 aromatic carbocycles. The Morgan fingerprint density at radius 3 is 2.73 bits per heavy atom. The number of para-hydroxylation sites is 1. The summed E-state index contributed by atoms with van der Waals surface area (Å²) >= 11 is 0. The van der Waals surface area contributed by atoms with Gasteiger partial charge in [-0.15, -0.1) is 0 Å². The minimum absolute atomic E-state index is 0.0259. The Hall–Kier alpha value is -2.84. The van der Waals surface area contributed by atoms with Crippen molar-refractivity contribution in [1.29, 1.82) is 0 Å². The predicted octanol–water partition coefficient (Wildman–Crippen LogP) is 2.08. The zero-order chi connectivity index (χ0) is 21.0. The summed E-state index contributed by atoms with van der Waals surface area (Å²) in [6, 6.07) is 11.7. The number of halogens is 1. The number of piperidine rings is 1.